The number of aliphatic hydroxyl groups excluding tert-OH is 4. The number of ether oxygens (including phenoxy) is 2. The fourth-order valence-corrected chi connectivity index (χ4v) is 3.76. The average molecular weight is 440 g/mol. The molecule has 0 amide bonds. The SMILES string of the molecule is OC[C@H]1O[C@@H](Oc2c(-c3ccccc3)cc(O)c(-c3ccccc3)c2O)[C@H](O)[C@@H](O)[C@@H]1O. The second-order valence-corrected chi connectivity index (χ2v) is 7.54. The van der Waals surface area contributed by atoms with Crippen LogP contribution in [0.25, 0.3) is 22.3 Å². The molecular weight excluding hydrogens is 416 g/mol. The van der Waals surface area contributed by atoms with Crippen molar-refractivity contribution in [3.05, 3.63) is 66.7 Å². The highest BCUT2D eigenvalue weighted by Gasteiger charge is 2.45. The molecule has 0 aromatic heterocycles. The summed E-state index contributed by atoms with van der Waals surface area (Å²) in [6.45, 7) is -0.618. The first-order chi connectivity index (χ1) is 15.4. The lowest BCUT2D eigenvalue weighted by Gasteiger charge is -2.39. The van der Waals surface area contributed by atoms with Gasteiger partial charge in [-0.05, 0) is 17.2 Å². The maximum absolute atomic E-state index is 11.1. The fraction of sp³-hybridized carbons (Fsp3) is 0.250. The van der Waals surface area contributed by atoms with E-state index in [2.05, 4.69) is 0 Å². The summed E-state index contributed by atoms with van der Waals surface area (Å²) in [6.07, 6.45) is -7.53. The van der Waals surface area contributed by atoms with E-state index in [1.165, 1.54) is 6.07 Å². The molecule has 1 aliphatic heterocycles. The van der Waals surface area contributed by atoms with Gasteiger partial charge in [-0.15, -0.1) is 0 Å². The third kappa shape index (κ3) is 4.02. The molecular formula is C24H24O8. The summed E-state index contributed by atoms with van der Waals surface area (Å²) in [5, 5.41) is 61.8. The largest absolute Gasteiger partial charge is 0.507 e. The smallest absolute Gasteiger partial charge is 0.229 e. The fourth-order valence-electron chi connectivity index (χ4n) is 3.76. The molecule has 0 saturated carbocycles. The highest BCUT2D eigenvalue weighted by Crippen LogP contribution is 2.49. The van der Waals surface area contributed by atoms with Gasteiger partial charge < -0.3 is 40.1 Å². The summed E-state index contributed by atoms with van der Waals surface area (Å²) >= 11 is 0. The molecule has 1 saturated heterocycles. The molecule has 0 aliphatic carbocycles. The van der Waals surface area contributed by atoms with Crippen LogP contribution in [0.3, 0.4) is 0 Å². The molecule has 0 spiro atoms. The number of hydrogen-bond donors (Lipinski definition) is 6. The molecule has 0 unspecified atom stereocenters. The van der Waals surface area contributed by atoms with Crippen LogP contribution in [0.15, 0.2) is 66.7 Å². The van der Waals surface area contributed by atoms with Gasteiger partial charge in [0.15, 0.2) is 11.5 Å². The number of phenols is 2. The van der Waals surface area contributed by atoms with E-state index in [4.69, 9.17) is 9.47 Å². The van der Waals surface area contributed by atoms with Gasteiger partial charge in [-0.2, -0.15) is 0 Å². The molecule has 1 fully saturated rings. The van der Waals surface area contributed by atoms with E-state index in [0.29, 0.717) is 16.7 Å². The number of benzene rings is 3. The number of aliphatic hydroxyl groups is 4. The third-order valence-corrected chi connectivity index (χ3v) is 5.46. The second kappa shape index (κ2) is 9.15. The molecule has 0 bridgehead atoms. The van der Waals surface area contributed by atoms with E-state index in [9.17, 15) is 30.6 Å². The minimum atomic E-state index is -1.66. The predicted molar refractivity (Wildman–Crippen MR) is 115 cm³/mol. The zero-order valence-electron chi connectivity index (χ0n) is 16.9. The van der Waals surface area contributed by atoms with Gasteiger partial charge in [-0.1, -0.05) is 60.7 Å². The third-order valence-electron chi connectivity index (χ3n) is 5.46. The van der Waals surface area contributed by atoms with Crippen LogP contribution in [0, 0.1) is 0 Å². The van der Waals surface area contributed by atoms with E-state index in [0.717, 1.165) is 0 Å². The normalized spacial score (nSPS) is 25.4. The average Bonchev–Trinajstić information content (AvgIpc) is 2.82. The van der Waals surface area contributed by atoms with Crippen molar-refractivity contribution in [2.75, 3.05) is 6.61 Å². The van der Waals surface area contributed by atoms with Gasteiger partial charge in [0.1, 0.15) is 30.2 Å². The van der Waals surface area contributed by atoms with Crippen molar-refractivity contribution in [3.63, 3.8) is 0 Å². The Balaban J connectivity index is 1.84. The standard InChI is InChI=1S/C24H24O8/c25-12-17-19(27)21(29)22(30)24(31-17)32-23-15(13-7-3-1-4-8-13)11-16(26)18(20(23)28)14-9-5-2-6-10-14/h1-11,17,19,21-22,24-30H,12H2/t17-,19-,21+,22-,24+/m1/s1. The minimum Gasteiger partial charge on any atom is -0.507 e. The maximum atomic E-state index is 11.1. The molecule has 4 rings (SSSR count). The molecule has 168 valence electrons. The molecule has 1 heterocycles. The highest BCUT2D eigenvalue weighted by molar-refractivity contribution is 5.87. The molecule has 8 heteroatoms. The summed E-state index contributed by atoms with van der Waals surface area (Å²) in [5.41, 5.74) is 1.57. The Kier molecular flexibility index (Phi) is 6.31. The maximum Gasteiger partial charge on any atom is 0.229 e. The van der Waals surface area contributed by atoms with E-state index in [1.807, 2.05) is 0 Å². The molecule has 3 aromatic carbocycles. The van der Waals surface area contributed by atoms with Crippen molar-refractivity contribution in [1.82, 2.24) is 0 Å². The van der Waals surface area contributed by atoms with Crippen LogP contribution in [0.5, 0.6) is 17.2 Å². The van der Waals surface area contributed by atoms with Crippen molar-refractivity contribution in [1.29, 1.82) is 0 Å². The monoisotopic (exact) mass is 440 g/mol. The molecule has 0 radical (unpaired) electrons. The summed E-state index contributed by atoms with van der Waals surface area (Å²) in [4.78, 5) is 0. The van der Waals surface area contributed by atoms with Crippen LogP contribution < -0.4 is 4.74 Å². The van der Waals surface area contributed by atoms with Gasteiger partial charge in [0, 0.05) is 5.56 Å². The van der Waals surface area contributed by atoms with Gasteiger partial charge in [0.05, 0.1) is 12.2 Å². The molecule has 1 aliphatic rings. The van der Waals surface area contributed by atoms with E-state index >= 15 is 0 Å². The van der Waals surface area contributed by atoms with Gasteiger partial charge in [-0.3, -0.25) is 0 Å². The zero-order chi connectivity index (χ0) is 22.8. The highest BCUT2D eigenvalue weighted by atomic mass is 16.7. The van der Waals surface area contributed by atoms with E-state index in [1.54, 1.807) is 60.7 Å². The lowest BCUT2D eigenvalue weighted by molar-refractivity contribution is -0.277. The van der Waals surface area contributed by atoms with Gasteiger partial charge in [-0.25, -0.2) is 0 Å². The minimum absolute atomic E-state index is 0.0998. The summed E-state index contributed by atoms with van der Waals surface area (Å²) in [7, 11) is 0. The van der Waals surface area contributed by atoms with E-state index < -0.39 is 43.1 Å². The van der Waals surface area contributed by atoms with Crippen molar-refractivity contribution in [3.8, 4) is 39.5 Å². The molecule has 6 N–H and O–H groups in total. The Hall–Kier alpha value is -3.14. The number of phenolic OH excluding ortho intramolecular Hbond substituents is 2. The lowest BCUT2D eigenvalue weighted by atomic mass is 9.96. The topological polar surface area (TPSA) is 140 Å². The van der Waals surface area contributed by atoms with Gasteiger partial charge in [0.25, 0.3) is 0 Å². The van der Waals surface area contributed by atoms with Crippen LogP contribution in [0.4, 0.5) is 0 Å². The molecule has 3 aromatic rings. The Morgan fingerprint density at radius 3 is 1.97 bits per heavy atom. The molecule has 32 heavy (non-hydrogen) atoms. The Morgan fingerprint density at radius 2 is 1.38 bits per heavy atom. The quantitative estimate of drug-likeness (QED) is 0.352. The van der Waals surface area contributed by atoms with Gasteiger partial charge >= 0.3 is 0 Å². The van der Waals surface area contributed by atoms with Crippen LogP contribution in [0.2, 0.25) is 0 Å². The van der Waals surface area contributed by atoms with Gasteiger partial charge in [0.2, 0.25) is 6.29 Å². The number of aromatic hydroxyl groups is 2. The molecule has 8 nitrogen and oxygen atoms in total. The Labute approximate surface area is 184 Å². The number of rotatable bonds is 5. The first-order valence-electron chi connectivity index (χ1n) is 10.1. The van der Waals surface area contributed by atoms with E-state index in [-0.39, 0.29) is 17.1 Å². The molecule has 5 atom stereocenters. The van der Waals surface area contributed by atoms with Crippen LogP contribution in [-0.2, 0) is 4.74 Å². The number of hydrogen-bond acceptors (Lipinski definition) is 8. The summed E-state index contributed by atoms with van der Waals surface area (Å²) < 4.78 is 11.3. The van der Waals surface area contributed by atoms with Crippen LogP contribution in [0.1, 0.15) is 0 Å². The van der Waals surface area contributed by atoms with Crippen molar-refractivity contribution in [2.45, 2.75) is 30.7 Å². The summed E-state index contributed by atoms with van der Waals surface area (Å²) in [6, 6.07) is 19.0. The first-order valence-corrected chi connectivity index (χ1v) is 10.1. The van der Waals surface area contributed by atoms with Crippen LogP contribution >= 0.6 is 0 Å². The van der Waals surface area contributed by atoms with Crippen LogP contribution in [-0.4, -0.2) is 68.0 Å². The Morgan fingerprint density at radius 1 is 0.781 bits per heavy atom. The van der Waals surface area contributed by atoms with Crippen molar-refractivity contribution in [2.24, 2.45) is 0 Å². The zero-order valence-corrected chi connectivity index (χ0v) is 16.9. The van der Waals surface area contributed by atoms with Crippen molar-refractivity contribution < 1.29 is 40.1 Å². The predicted octanol–water partition coefficient (Wildman–Crippen LogP) is 1.61. The second-order valence-electron chi connectivity index (χ2n) is 7.54. The first kappa shape index (κ1) is 22.1. The lowest BCUT2D eigenvalue weighted by Crippen LogP contribution is -2.60. The Bertz CT molecular complexity index is 1050. The summed E-state index contributed by atoms with van der Waals surface area (Å²) in [5.74, 6) is -0.682. The van der Waals surface area contributed by atoms with Crippen molar-refractivity contribution >= 4 is 0 Å².